The molecule has 32 heavy (non-hydrogen) atoms. The summed E-state index contributed by atoms with van der Waals surface area (Å²) in [5.74, 6) is 0.283. The van der Waals surface area contributed by atoms with E-state index in [9.17, 15) is 9.59 Å². The molecule has 2 aliphatic heterocycles. The van der Waals surface area contributed by atoms with Crippen LogP contribution in [0.2, 0.25) is 0 Å². The highest BCUT2D eigenvalue weighted by atomic mass is 16.5. The second-order valence-corrected chi connectivity index (χ2v) is 10.9. The highest BCUT2D eigenvalue weighted by Gasteiger charge is 2.40. The van der Waals surface area contributed by atoms with Crippen LogP contribution in [0.1, 0.15) is 80.1 Å². The molecule has 2 N–H and O–H groups in total. The number of nitrogens with zero attached hydrogens (tertiary/aromatic N) is 2. The van der Waals surface area contributed by atoms with Gasteiger partial charge in [0.1, 0.15) is 0 Å². The molecule has 2 fully saturated rings. The summed E-state index contributed by atoms with van der Waals surface area (Å²) in [6.07, 6.45) is 4.68. The van der Waals surface area contributed by atoms with Gasteiger partial charge < -0.3 is 24.7 Å². The number of rotatable bonds is 8. The first-order valence-corrected chi connectivity index (χ1v) is 12.2. The highest BCUT2D eigenvalue weighted by Crippen LogP contribution is 2.38. The molecule has 0 saturated carbocycles. The van der Waals surface area contributed by atoms with Crippen LogP contribution >= 0.6 is 0 Å². The van der Waals surface area contributed by atoms with Crippen molar-refractivity contribution in [1.82, 2.24) is 9.80 Å². The maximum absolute atomic E-state index is 10.5. The molecule has 2 rings (SSSR count). The fourth-order valence-electron chi connectivity index (χ4n) is 4.92. The average molecular weight is 457 g/mol. The Morgan fingerprint density at radius 1 is 0.875 bits per heavy atom. The van der Waals surface area contributed by atoms with Gasteiger partial charge >= 0.3 is 11.9 Å². The summed E-state index contributed by atoms with van der Waals surface area (Å²) in [5, 5.41) is 17.2. The Morgan fingerprint density at radius 2 is 1.38 bits per heavy atom. The van der Waals surface area contributed by atoms with Gasteiger partial charge in [0.2, 0.25) is 0 Å². The van der Waals surface area contributed by atoms with Crippen LogP contribution in [0.5, 0.6) is 0 Å². The average Bonchev–Trinajstić information content (AvgIpc) is 2.69. The number of aliphatic carboxylic acids is 2. The zero-order valence-electron chi connectivity index (χ0n) is 21.7. The Hall–Kier alpha value is -1.18. The van der Waals surface area contributed by atoms with Crippen molar-refractivity contribution in [3.8, 4) is 0 Å². The van der Waals surface area contributed by atoms with Crippen LogP contribution in [0, 0.1) is 17.8 Å². The Balaban J connectivity index is 0.000000320. The standard InChI is InChI=1S/C13H25NO2.C12H23NO3/c1-10-11(6-5-7-12(15)16)8-9-14(4)13(10,2)3;1-9-10(16-8-6-11(14)15)5-7-13(4)12(9,2)3/h10-11H,5-9H2,1-4H3,(H,15,16);9-10H,5-8H2,1-4H3,(H,14,15). The second-order valence-electron chi connectivity index (χ2n) is 10.9. The quantitative estimate of drug-likeness (QED) is 0.565. The fourth-order valence-corrected chi connectivity index (χ4v) is 4.92. The molecule has 7 heteroatoms. The molecular formula is C25H48N2O5. The molecule has 188 valence electrons. The maximum Gasteiger partial charge on any atom is 0.305 e. The number of ether oxygens (including phenoxy) is 1. The molecular weight excluding hydrogens is 408 g/mol. The molecule has 2 aliphatic rings. The van der Waals surface area contributed by atoms with Gasteiger partial charge in [-0.05, 0) is 85.9 Å². The van der Waals surface area contributed by atoms with Crippen molar-refractivity contribution >= 4 is 11.9 Å². The first-order valence-electron chi connectivity index (χ1n) is 12.2. The summed E-state index contributed by atoms with van der Waals surface area (Å²) in [6, 6.07) is 0. The van der Waals surface area contributed by atoms with E-state index >= 15 is 0 Å². The van der Waals surface area contributed by atoms with Crippen LogP contribution < -0.4 is 0 Å². The topological polar surface area (TPSA) is 90.3 Å². The van der Waals surface area contributed by atoms with Gasteiger partial charge in [0.15, 0.2) is 0 Å². The summed E-state index contributed by atoms with van der Waals surface area (Å²) in [4.78, 5) is 25.7. The third-order valence-electron chi connectivity index (χ3n) is 8.66. The fraction of sp³-hybridized carbons (Fsp3) is 0.920. The van der Waals surface area contributed by atoms with Crippen LogP contribution in [-0.2, 0) is 14.3 Å². The van der Waals surface area contributed by atoms with E-state index in [1.54, 1.807) is 0 Å². The van der Waals surface area contributed by atoms with E-state index in [2.05, 4.69) is 65.4 Å². The van der Waals surface area contributed by atoms with Crippen LogP contribution in [0.15, 0.2) is 0 Å². The summed E-state index contributed by atoms with van der Waals surface area (Å²) in [7, 11) is 4.31. The highest BCUT2D eigenvalue weighted by molar-refractivity contribution is 5.66. The minimum Gasteiger partial charge on any atom is -0.481 e. The largest absolute Gasteiger partial charge is 0.481 e. The van der Waals surface area contributed by atoms with Crippen molar-refractivity contribution in [2.75, 3.05) is 33.8 Å². The molecule has 2 saturated heterocycles. The number of hydrogen-bond donors (Lipinski definition) is 2. The lowest BCUT2D eigenvalue weighted by molar-refractivity contribution is -0.140. The molecule has 0 aromatic heterocycles. The molecule has 4 atom stereocenters. The van der Waals surface area contributed by atoms with Gasteiger partial charge in [-0.3, -0.25) is 9.59 Å². The lowest BCUT2D eigenvalue weighted by Gasteiger charge is -2.49. The molecule has 2 heterocycles. The van der Waals surface area contributed by atoms with E-state index in [1.165, 1.54) is 6.42 Å². The van der Waals surface area contributed by atoms with Crippen LogP contribution in [0.3, 0.4) is 0 Å². The van der Waals surface area contributed by atoms with E-state index in [-0.39, 0.29) is 23.6 Å². The second kappa shape index (κ2) is 12.3. The number of hydrogen-bond acceptors (Lipinski definition) is 5. The summed E-state index contributed by atoms with van der Waals surface area (Å²) >= 11 is 0. The lowest BCUT2D eigenvalue weighted by atomic mass is 9.72. The molecule has 0 amide bonds. The SMILES string of the molecule is CC1C(CCCC(=O)O)CCN(C)C1(C)C.CC1C(OCCC(=O)O)CCN(C)C1(C)C. The minimum absolute atomic E-state index is 0.0967. The molecule has 0 bridgehead atoms. The van der Waals surface area contributed by atoms with Crippen molar-refractivity contribution in [3.63, 3.8) is 0 Å². The minimum atomic E-state index is -0.792. The molecule has 7 nitrogen and oxygen atoms in total. The Kier molecular flexibility index (Phi) is 11.1. The third-order valence-corrected chi connectivity index (χ3v) is 8.66. The third kappa shape index (κ3) is 7.99. The van der Waals surface area contributed by atoms with Crippen LogP contribution in [-0.4, -0.2) is 82.9 Å². The molecule has 0 aromatic rings. The van der Waals surface area contributed by atoms with Crippen molar-refractivity contribution in [2.24, 2.45) is 17.8 Å². The van der Waals surface area contributed by atoms with Crippen molar-refractivity contribution in [1.29, 1.82) is 0 Å². The van der Waals surface area contributed by atoms with E-state index in [4.69, 9.17) is 14.9 Å². The van der Waals surface area contributed by atoms with Gasteiger partial charge in [-0.25, -0.2) is 0 Å². The Bertz CT molecular complexity index is 555. The first-order chi connectivity index (χ1) is 14.7. The van der Waals surface area contributed by atoms with Gasteiger partial charge in [-0.15, -0.1) is 0 Å². The Labute approximate surface area is 195 Å². The van der Waals surface area contributed by atoms with Crippen LogP contribution in [0.4, 0.5) is 0 Å². The number of carbonyl (C=O) groups is 2. The maximum atomic E-state index is 10.5. The first kappa shape index (κ1) is 28.9. The van der Waals surface area contributed by atoms with Gasteiger partial charge in [0.05, 0.1) is 19.1 Å². The summed E-state index contributed by atoms with van der Waals surface area (Å²) < 4.78 is 5.68. The summed E-state index contributed by atoms with van der Waals surface area (Å²) in [6.45, 7) is 16.0. The van der Waals surface area contributed by atoms with E-state index in [0.717, 1.165) is 32.4 Å². The smallest absolute Gasteiger partial charge is 0.305 e. The van der Waals surface area contributed by atoms with E-state index in [1.807, 2.05) is 0 Å². The number of carboxylic acid groups (broad SMARTS) is 2. The number of piperidine rings is 2. The molecule has 0 aliphatic carbocycles. The normalized spacial score (nSPS) is 30.2. The zero-order chi connectivity index (χ0) is 24.7. The molecule has 0 aromatic carbocycles. The van der Waals surface area contributed by atoms with Crippen molar-refractivity contribution < 1.29 is 24.5 Å². The van der Waals surface area contributed by atoms with E-state index < -0.39 is 11.9 Å². The van der Waals surface area contributed by atoms with Gasteiger partial charge in [0, 0.05) is 30.0 Å². The van der Waals surface area contributed by atoms with Crippen molar-refractivity contribution in [2.45, 2.75) is 97.2 Å². The Morgan fingerprint density at radius 3 is 1.91 bits per heavy atom. The monoisotopic (exact) mass is 456 g/mol. The van der Waals surface area contributed by atoms with Crippen LogP contribution in [0.25, 0.3) is 0 Å². The van der Waals surface area contributed by atoms with Crippen molar-refractivity contribution in [3.05, 3.63) is 0 Å². The predicted octanol–water partition coefficient (Wildman–Crippen LogP) is 4.20. The van der Waals surface area contributed by atoms with E-state index in [0.29, 0.717) is 30.8 Å². The number of carboxylic acids is 2. The van der Waals surface area contributed by atoms with Gasteiger partial charge in [-0.2, -0.15) is 0 Å². The molecule has 0 spiro atoms. The summed E-state index contributed by atoms with van der Waals surface area (Å²) in [5.41, 5.74) is 0.359. The predicted molar refractivity (Wildman–Crippen MR) is 128 cm³/mol. The number of likely N-dealkylation sites (tertiary alicyclic amines) is 2. The zero-order valence-corrected chi connectivity index (χ0v) is 21.7. The van der Waals surface area contributed by atoms with Gasteiger partial charge in [-0.1, -0.05) is 13.8 Å². The molecule has 0 radical (unpaired) electrons. The molecule has 4 unspecified atom stereocenters. The lowest BCUT2D eigenvalue weighted by Crippen LogP contribution is -2.56. The van der Waals surface area contributed by atoms with Gasteiger partial charge in [0.25, 0.3) is 0 Å².